The van der Waals surface area contributed by atoms with Crippen LogP contribution in [0.25, 0.3) is 0 Å². The van der Waals surface area contributed by atoms with Crippen LogP contribution in [-0.2, 0) is 4.74 Å². The maximum absolute atomic E-state index is 10.1. The summed E-state index contributed by atoms with van der Waals surface area (Å²) in [4.78, 5) is 10.1. The van der Waals surface area contributed by atoms with Gasteiger partial charge in [-0.05, 0) is 38.0 Å². The maximum atomic E-state index is 10.1. The number of carboxylic acid groups (broad SMARTS) is 1. The van der Waals surface area contributed by atoms with Gasteiger partial charge in [-0.2, -0.15) is 0 Å². The minimum atomic E-state index is -1.16. The first-order chi connectivity index (χ1) is 6.79. The molecule has 0 spiro atoms. The Labute approximate surface area is 84.8 Å². The summed E-state index contributed by atoms with van der Waals surface area (Å²) in [6.45, 7) is 0.351. The quantitative estimate of drug-likeness (QED) is 0.559. The minimum absolute atomic E-state index is 0.351. The Morgan fingerprint density at radius 2 is 2.14 bits per heavy atom. The van der Waals surface area contributed by atoms with Gasteiger partial charge in [0.1, 0.15) is 0 Å². The van der Waals surface area contributed by atoms with Crippen LogP contribution in [0.5, 0.6) is 0 Å². The van der Waals surface area contributed by atoms with E-state index >= 15 is 0 Å². The molecule has 3 nitrogen and oxygen atoms in total. The molecule has 1 aliphatic rings. The zero-order chi connectivity index (χ0) is 10.2. The molecule has 1 rings (SSSR count). The molecule has 0 aliphatic heterocycles. The van der Waals surface area contributed by atoms with Crippen molar-refractivity contribution in [1.82, 2.24) is 0 Å². The number of carbonyl (C=O) groups is 1. The molecule has 0 fully saturated rings. The average Bonchev–Trinajstić information content (AvgIpc) is 2.07. The summed E-state index contributed by atoms with van der Waals surface area (Å²) in [6, 6.07) is 0. The van der Waals surface area contributed by atoms with Gasteiger partial charge in [0.25, 0.3) is 0 Å². The summed E-state index contributed by atoms with van der Waals surface area (Å²) in [7, 11) is 0. The molecule has 1 aliphatic carbocycles. The van der Waals surface area contributed by atoms with E-state index in [1.54, 1.807) is 0 Å². The van der Waals surface area contributed by atoms with Crippen molar-refractivity contribution in [1.29, 1.82) is 0 Å². The Kier molecular flexibility index (Phi) is 5.12. The lowest BCUT2D eigenvalue weighted by Gasteiger charge is -2.16. The van der Waals surface area contributed by atoms with Gasteiger partial charge in [0.05, 0.1) is 6.61 Å². The third-order valence-corrected chi connectivity index (χ3v) is 2.64. The number of allylic oxidation sites excluding steroid dienone is 2. The Morgan fingerprint density at radius 1 is 1.36 bits per heavy atom. The van der Waals surface area contributed by atoms with E-state index in [0.717, 1.165) is 19.3 Å². The molecule has 0 bridgehead atoms. The van der Waals surface area contributed by atoms with E-state index in [1.165, 1.54) is 19.3 Å². The molecule has 0 amide bonds. The number of ether oxygens (including phenoxy) is 1. The van der Waals surface area contributed by atoms with E-state index < -0.39 is 6.16 Å². The fourth-order valence-electron chi connectivity index (χ4n) is 1.84. The lowest BCUT2D eigenvalue weighted by atomic mass is 9.92. The second-order valence-electron chi connectivity index (χ2n) is 3.75. The van der Waals surface area contributed by atoms with Crippen LogP contribution in [-0.4, -0.2) is 17.9 Å². The Bertz CT molecular complexity index is 199. The van der Waals surface area contributed by atoms with E-state index in [-0.39, 0.29) is 0 Å². The van der Waals surface area contributed by atoms with Crippen LogP contribution in [0, 0.1) is 5.92 Å². The van der Waals surface area contributed by atoms with Crippen LogP contribution in [0.2, 0.25) is 0 Å². The largest absolute Gasteiger partial charge is 0.505 e. The van der Waals surface area contributed by atoms with Crippen LogP contribution >= 0.6 is 0 Å². The summed E-state index contributed by atoms with van der Waals surface area (Å²) < 4.78 is 4.52. The van der Waals surface area contributed by atoms with Crippen molar-refractivity contribution in [2.24, 2.45) is 5.92 Å². The zero-order valence-electron chi connectivity index (χ0n) is 8.45. The predicted octanol–water partition coefficient (Wildman–Crippen LogP) is 3.21. The van der Waals surface area contributed by atoms with Crippen LogP contribution < -0.4 is 0 Å². The topological polar surface area (TPSA) is 46.5 Å². The lowest BCUT2D eigenvalue weighted by molar-refractivity contribution is 0.0852. The van der Waals surface area contributed by atoms with Gasteiger partial charge in [-0.15, -0.1) is 0 Å². The summed E-state index contributed by atoms with van der Waals surface area (Å²) >= 11 is 0. The first-order valence-corrected chi connectivity index (χ1v) is 5.30. The van der Waals surface area contributed by atoms with Gasteiger partial charge in [-0.25, -0.2) is 4.79 Å². The first kappa shape index (κ1) is 11.1. The molecule has 0 aromatic carbocycles. The fourth-order valence-corrected chi connectivity index (χ4v) is 1.84. The molecule has 3 heteroatoms. The number of hydrogen-bond acceptors (Lipinski definition) is 2. The van der Waals surface area contributed by atoms with Gasteiger partial charge in [-0.3, -0.25) is 0 Å². The Balaban J connectivity index is 2.15. The highest BCUT2D eigenvalue weighted by Gasteiger charge is 2.10. The molecule has 0 radical (unpaired) electrons. The summed E-state index contributed by atoms with van der Waals surface area (Å²) in [5.74, 6) is 0.638. The van der Waals surface area contributed by atoms with Crippen molar-refractivity contribution < 1.29 is 14.6 Å². The summed E-state index contributed by atoms with van der Waals surface area (Å²) in [5, 5.41) is 8.31. The molecule has 1 unspecified atom stereocenters. The summed E-state index contributed by atoms with van der Waals surface area (Å²) in [5.41, 5.74) is 0. The highest BCUT2D eigenvalue weighted by atomic mass is 16.7. The monoisotopic (exact) mass is 198 g/mol. The molecule has 0 aromatic heterocycles. The highest BCUT2D eigenvalue weighted by Crippen LogP contribution is 2.21. The van der Waals surface area contributed by atoms with Gasteiger partial charge in [0.2, 0.25) is 0 Å². The van der Waals surface area contributed by atoms with Crippen LogP contribution in [0.1, 0.15) is 38.5 Å². The van der Waals surface area contributed by atoms with Gasteiger partial charge >= 0.3 is 6.16 Å². The molecule has 0 saturated carbocycles. The SMILES string of the molecule is O=C(O)OCCC1CCC=CCCC1. The lowest BCUT2D eigenvalue weighted by Crippen LogP contribution is -2.09. The van der Waals surface area contributed by atoms with Crippen molar-refractivity contribution in [2.75, 3.05) is 6.61 Å². The van der Waals surface area contributed by atoms with Crippen molar-refractivity contribution in [3.8, 4) is 0 Å². The molecular weight excluding hydrogens is 180 g/mol. The molecule has 14 heavy (non-hydrogen) atoms. The third-order valence-electron chi connectivity index (χ3n) is 2.64. The van der Waals surface area contributed by atoms with E-state index in [1.807, 2.05) is 0 Å². The van der Waals surface area contributed by atoms with Gasteiger partial charge in [0.15, 0.2) is 0 Å². The molecule has 1 atom stereocenters. The second kappa shape index (κ2) is 6.46. The van der Waals surface area contributed by atoms with Crippen molar-refractivity contribution in [3.63, 3.8) is 0 Å². The summed E-state index contributed by atoms with van der Waals surface area (Å²) in [6.07, 6.45) is 10.1. The van der Waals surface area contributed by atoms with E-state index in [0.29, 0.717) is 12.5 Å². The maximum Gasteiger partial charge on any atom is 0.505 e. The number of rotatable bonds is 3. The molecule has 80 valence electrons. The number of hydrogen-bond donors (Lipinski definition) is 1. The Morgan fingerprint density at radius 3 is 2.93 bits per heavy atom. The highest BCUT2D eigenvalue weighted by molar-refractivity contribution is 5.56. The molecule has 0 aromatic rings. The van der Waals surface area contributed by atoms with E-state index in [9.17, 15) is 4.79 Å². The van der Waals surface area contributed by atoms with Gasteiger partial charge in [-0.1, -0.05) is 18.6 Å². The zero-order valence-corrected chi connectivity index (χ0v) is 8.45. The fraction of sp³-hybridized carbons (Fsp3) is 0.727. The minimum Gasteiger partial charge on any atom is -0.450 e. The second-order valence-corrected chi connectivity index (χ2v) is 3.75. The van der Waals surface area contributed by atoms with E-state index in [4.69, 9.17) is 5.11 Å². The van der Waals surface area contributed by atoms with Crippen LogP contribution in [0.4, 0.5) is 4.79 Å². The van der Waals surface area contributed by atoms with Gasteiger partial charge in [0, 0.05) is 0 Å². The molecule has 1 N–H and O–H groups in total. The Hall–Kier alpha value is -0.990. The molecular formula is C11H18O3. The van der Waals surface area contributed by atoms with Crippen molar-refractivity contribution >= 4 is 6.16 Å². The van der Waals surface area contributed by atoms with E-state index in [2.05, 4.69) is 16.9 Å². The standard InChI is InChI=1S/C11H18O3/c12-11(13)14-9-8-10-6-4-2-1-3-5-7-10/h1-2,10H,3-9H2,(H,12,13). The van der Waals surface area contributed by atoms with Crippen LogP contribution in [0.15, 0.2) is 12.2 Å². The predicted molar refractivity (Wildman–Crippen MR) is 54.3 cm³/mol. The van der Waals surface area contributed by atoms with Crippen molar-refractivity contribution in [2.45, 2.75) is 38.5 Å². The average molecular weight is 198 g/mol. The first-order valence-electron chi connectivity index (χ1n) is 5.30. The molecule has 0 heterocycles. The normalized spacial score (nSPS) is 22.4. The van der Waals surface area contributed by atoms with Crippen LogP contribution in [0.3, 0.4) is 0 Å². The van der Waals surface area contributed by atoms with Crippen molar-refractivity contribution in [3.05, 3.63) is 12.2 Å². The smallest absolute Gasteiger partial charge is 0.450 e. The molecule has 0 saturated heterocycles. The van der Waals surface area contributed by atoms with Gasteiger partial charge < -0.3 is 9.84 Å². The third kappa shape index (κ3) is 4.90.